The number of rotatable bonds is 7. The molecule has 0 unspecified atom stereocenters. The molecule has 4 heterocycles. The molecule has 9 nitrogen and oxygen atoms in total. The third kappa shape index (κ3) is 5.37. The van der Waals surface area contributed by atoms with Gasteiger partial charge in [0.2, 0.25) is 18.6 Å². The van der Waals surface area contributed by atoms with E-state index in [1.54, 1.807) is 29.1 Å². The number of amides is 2. The zero-order valence-corrected chi connectivity index (χ0v) is 24.2. The van der Waals surface area contributed by atoms with Crippen LogP contribution in [0.15, 0.2) is 97.2 Å². The maximum Gasteiger partial charge on any atom is 0.240 e. The number of nitrogens with one attached hydrogen (secondary N) is 1. The number of anilines is 1. The Morgan fingerprint density at radius 1 is 0.977 bits per heavy atom. The third-order valence-corrected chi connectivity index (χ3v) is 8.66. The number of aromatic nitrogens is 3. The summed E-state index contributed by atoms with van der Waals surface area (Å²) < 4.78 is 26.9. The molecule has 5 aromatic rings. The van der Waals surface area contributed by atoms with Gasteiger partial charge in [0.1, 0.15) is 18.2 Å². The summed E-state index contributed by atoms with van der Waals surface area (Å²) in [5.41, 5.74) is 4.38. The van der Waals surface area contributed by atoms with Crippen LogP contribution in [-0.2, 0) is 16.1 Å². The summed E-state index contributed by atoms with van der Waals surface area (Å²) >= 11 is 1.45. The van der Waals surface area contributed by atoms with Crippen molar-refractivity contribution in [1.29, 1.82) is 0 Å². The number of carbonyl (C=O) groups is 2. The first-order chi connectivity index (χ1) is 21.5. The van der Waals surface area contributed by atoms with Gasteiger partial charge in [-0.2, -0.15) is 5.10 Å². The van der Waals surface area contributed by atoms with Gasteiger partial charge in [-0.25, -0.2) is 9.07 Å². The normalized spacial score (nSPS) is 15.5. The Morgan fingerprint density at radius 2 is 1.77 bits per heavy atom. The van der Waals surface area contributed by atoms with Crippen LogP contribution in [0.1, 0.15) is 22.1 Å². The van der Waals surface area contributed by atoms with Gasteiger partial charge < -0.3 is 14.8 Å². The lowest BCUT2D eigenvalue weighted by atomic mass is 9.99. The highest BCUT2D eigenvalue weighted by Gasteiger charge is 2.38. The minimum absolute atomic E-state index is 0.110. The van der Waals surface area contributed by atoms with Gasteiger partial charge in [0.05, 0.1) is 34.6 Å². The van der Waals surface area contributed by atoms with Crippen LogP contribution in [0.4, 0.5) is 10.2 Å². The second kappa shape index (κ2) is 11.8. The molecule has 0 fully saturated rings. The summed E-state index contributed by atoms with van der Waals surface area (Å²) in [6.07, 6.45) is 1.66. The Morgan fingerprint density at radius 3 is 2.57 bits per heavy atom. The Kier molecular flexibility index (Phi) is 7.45. The van der Waals surface area contributed by atoms with E-state index in [9.17, 15) is 14.0 Å². The molecule has 2 aromatic heterocycles. The van der Waals surface area contributed by atoms with E-state index in [2.05, 4.69) is 10.3 Å². The van der Waals surface area contributed by atoms with E-state index in [4.69, 9.17) is 14.6 Å². The van der Waals surface area contributed by atoms with Crippen LogP contribution >= 0.6 is 11.8 Å². The molecule has 0 radical (unpaired) electrons. The fourth-order valence-corrected chi connectivity index (χ4v) is 6.51. The molecule has 11 heteroatoms. The van der Waals surface area contributed by atoms with Crippen molar-refractivity contribution >= 4 is 29.4 Å². The Labute approximate surface area is 256 Å². The van der Waals surface area contributed by atoms with Crippen molar-refractivity contribution in [2.75, 3.05) is 24.0 Å². The predicted octanol–water partition coefficient (Wildman–Crippen LogP) is 5.29. The fraction of sp³-hybridized carbons (Fsp3) is 0.152. The first-order valence-corrected chi connectivity index (χ1v) is 15.0. The highest BCUT2D eigenvalue weighted by molar-refractivity contribution is 8.00. The van der Waals surface area contributed by atoms with Crippen molar-refractivity contribution in [3.05, 3.63) is 120 Å². The number of benzene rings is 3. The zero-order valence-electron chi connectivity index (χ0n) is 23.4. The van der Waals surface area contributed by atoms with Crippen molar-refractivity contribution in [2.45, 2.75) is 11.8 Å². The third-order valence-electron chi connectivity index (χ3n) is 7.40. The molecule has 0 aliphatic carbocycles. The summed E-state index contributed by atoms with van der Waals surface area (Å²) in [5, 5.41) is 7.56. The minimum Gasteiger partial charge on any atom is -0.454 e. The Balaban J connectivity index is 1.38. The molecule has 2 aliphatic heterocycles. The maximum absolute atomic E-state index is 14.0. The van der Waals surface area contributed by atoms with Gasteiger partial charge in [-0.3, -0.25) is 19.5 Å². The largest absolute Gasteiger partial charge is 0.454 e. The summed E-state index contributed by atoms with van der Waals surface area (Å²) in [6, 6.07) is 26.8. The van der Waals surface area contributed by atoms with Crippen molar-refractivity contribution in [1.82, 2.24) is 20.1 Å². The Hall–Kier alpha value is -5.16. The molecule has 2 aliphatic rings. The number of hydrogen-bond donors (Lipinski definition) is 1. The first-order valence-electron chi connectivity index (χ1n) is 14.0. The van der Waals surface area contributed by atoms with Gasteiger partial charge >= 0.3 is 0 Å². The summed E-state index contributed by atoms with van der Waals surface area (Å²) in [4.78, 5) is 33.0. The lowest BCUT2D eigenvalue weighted by Crippen LogP contribution is -2.42. The van der Waals surface area contributed by atoms with Gasteiger partial charge in [-0.15, -0.1) is 11.8 Å². The molecular formula is C33H26FN5O4S. The average Bonchev–Trinajstić information content (AvgIpc) is 3.66. The van der Waals surface area contributed by atoms with E-state index < -0.39 is 5.82 Å². The van der Waals surface area contributed by atoms with Crippen LogP contribution in [0.5, 0.6) is 11.5 Å². The van der Waals surface area contributed by atoms with E-state index in [0.29, 0.717) is 34.4 Å². The summed E-state index contributed by atoms with van der Waals surface area (Å²) in [7, 11) is 0. The van der Waals surface area contributed by atoms with Crippen LogP contribution in [0.2, 0.25) is 0 Å². The van der Waals surface area contributed by atoms with Crippen LogP contribution < -0.4 is 19.7 Å². The lowest BCUT2D eigenvalue weighted by Gasteiger charge is -2.23. The number of ether oxygens (including phenoxy) is 2. The van der Waals surface area contributed by atoms with E-state index >= 15 is 0 Å². The van der Waals surface area contributed by atoms with E-state index in [1.165, 1.54) is 28.8 Å². The molecule has 0 spiro atoms. The van der Waals surface area contributed by atoms with Crippen LogP contribution in [0.25, 0.3) is 16.9 Å². The topological polar surface area (TPSA) is 98.6 Å². The van der Waals surface area contributed by atoms with E-state index in [1.807, 2.05) is 60.7 Å². The van der Waals surface area contributed by atoms with E-state index in [-0.39, 0.29) is 42.7 Å². The quantitative estimate of drug-likeness (QED) is 0.269. The lowest BCUT2D eigenvalue weighted by molar-refractivity contribution is -0.123. The molecule has 1 atom stereocenters. The van der Waals surface area contributed by atoms with Gasteiger partial charge in [0.15, 0.2) is 11.5 Å². The van der Waals surface area contributed by atoms with E-state index in [0.717, 1.165) is 16.7 Å². The van der Waals surface area contributed by atoms with Crippen LogP contribution in [-0.4, -0.2) is 45.7 Å². The molecule has 3 aromatic carbocycles. The highest BCUT2D eigenvalue weighted by Crippen LogP contribution is 2.50. The fourth-order valence-electron chi connectivity index (χ4n) is 5.32. The molecule has 44 heavy (non-hydrogen) atoms. The summed E-state index contributed by atoms with van der Waals surface area (Å²) in [6.45, 7) is 0.114. The number of thioether (sulfide) groups is 1. The average molecular weight is 608 g/mol. The molecule has 0 saturated carbocycles. The number of pyridine rings is 1. The smallest absolute Gasteiger partial charge is 0.240 e. The molecular weight excluding hydrogens is 581 g/mol. The van der Waals surface area contributed by atoms with Crippen molar-refractivity contribution in [3.63, 3.8) is 0 Å². The standard InChI is InChI=1S/C33H26FN5O4S/c34-23-10-12-25(13-11-23)39-33-30(31(37-39)21-6-2-1-3-7-21)32(22-9-14-26-27(16-22)43-20-42-26)44-19-29(41)38(33)18-28(40)36-17-24-8-4-5-15-35-24/h1-16,32H,17-20H2,(H,36,40)/t32-/m1/s1. The van der Waals surface area contributed by atoms with Crippen LogP contribution in [0, 0.1) is 5.82 Å². The highest BCUT2D eigenvalue weighted by atomic mass is 32.2. The van der Waals surface area contributed by atoms with Crippen molar-refractivity contribution in [3.8, 4) is 28.4 Å². The minimum atomic E-state index is -0.397. The van der Waals surface area contributed by atoms with Crippen molar-refractivity contribution < 1.29 is 23.5 Å². The second-order valence-electron chi connectivity index (χ2n) is 10.2. The molecule has 1 N–H and O–H groups in total. The predicted molar refractivity (Wildman–Crippen MR) is 164 cm³/mol. The Bertz CT molecular complexity index is 1830. The monoisotopic (exact) mass is 607 g/mol. The van der Waals surface area contributed by atoms with Gasteiger partial charge in [-0.1, -0.05) is 42.5 Å². The number of nitrogens with zero attached hydrogens (tertiary/aromatic N) is 4. The van der Waals surface area contributed by atoms with Gasteiger partial charge in [0, 0.05) is 17.3 Å². The molecule has 0 saturated heterocycles. The van der Waals surface area contributed by atoms with Gasteiger partial charge in [-0.05, 0) is 54.1 Å². The SMILES string of the molecule is O=C(CN1C(=O)CS[C@H](c2ccc3c(c2)OCO3)c2c(-c3ccccc3)nn(-c3ccc(F)cc3)c21)NCc1ccccn1. The van der Waals surface area contributed by atoms with Gasteiger partial charge in [0.25, 0.3) is 0 Å². The molecule has 7 rings (SSSR count). The number of fused-ring (bicyclic) bond motifs is 2. The second-order valence-corrected chi connectivity index (χ2v) is 11.3. The summed E-state index contributed by atoms with van der Waals surface area (Å²) in [5.74, 6) is 0.828. The number of carbonyl (C=O) groups excluding carboxylic acids is 2. The molecule has 2 amide bonds. The number of halogens is 1. The molecule has 0 bridgehead atoms. The number of hydrogen-bond acceptors (Lipinski definition) is 7. The maximum atomic E-state index is 14.0. The van der Waals surface area contributed by atoms with Crippen LogP contribution in [0.3, 0.4) is 0 Å². The zero-order chi connectivity index (χ0) is 30.0. The first kappa shape index (κ1) is 27.7. The molecule has 220 valence electrons. The van der Waals surface area contributed by atoms with Crippen molar-refractivity contribution in [2.24, 2.45) is 0 Å².